The van der Waals surface area contributed by atoms with Gasteiger partial charge in [-0.05, 0) is 41.4 Å². The zero-order valence-electron chi connectivity index (χ0n) is 12.7. The number of carbonyl (C=O) groups excluding carboxylic acids is 2. The fraction of sp³-hybridized carbons (Fsp3) is 0.467. The number of benzene rings is 1. The van der Waals surface area contributed by atoms with Crippen molar-refractivity contribution in [1.29, 1.82) is 0 Å². The van der Waals surface area contributed by atoms with Gasteiger partial charge in [-0.3, -0.25) is 9.59 Å². The molecule has 1 rings (SSSR count). The molecule has 0 fully saturated rings. The number of thioether (sulfide) groups is 1. The van der Waals surface area contributed by atoms with E-state index < -0.39 is 11.1 Å². The zero-order valence-corrected chi connectivity index (χ0v) is 15.1. The average molecular weight is 392 g/mol. The lowest BCUT2D eigenvalue weighted by Gasteiger charge is -2.14. The van der Waals surface area contributed by atoms with Crippen LogP contribution < -0.4 is 5.32 Å². The molecule has 0 aliphatic carbocycles. The van der Waals surface area contributed by atoms with Crippen LogP contribution in [0.3, 0.4) is 0 Å². The molecule has 122 valence electrons. The molecule has 0 aliphatic heterocycles. The lowest BCUT2D eigenvalue weighted by atomic mass is 10.3. The van der Waals surface area contributed by atoms with Crippen LogP contribution in [-0.2, 0) is 14.3 Å². The van der Waals surface area contributed by atoms with E-state index in [2.05, 4.69) is 21.2 Å². The first-order valence-electron chi connectivity index (χ1n) is 7.01. The number of nitrogens with one attached hydrogen (secondary N) is 1. The summed E-state index contributed by atoms with van der Waals surface area (Å²) in [4.78, 5) is 23.9. The number of halogens is 2. The van der Waals surface area contributed by atoms with Crippen LogP contribution >= 0.6 is 27.7 Å². The Kier molecular flexibility index (Phi) is 7.89. The highest BCUT2D eigenvalue weighted by atomic mass is 79.9. The van der Waals surface area contributed by atoms with E-state index in [9.17, 15) is 14.0 Å². The van der Waals surface area contributed by atoms with Gasteiger partial charge in [-0.25, -0.2) is 4.39 Å². The SMILES string of the molecule is CCCOC(=O)C(C)Sc1cc(NC(=O)CC)c(F)cc1Br. The topological polar surface area (TPSA) is 55.4 Å². The van der Waals surface area contributed by atoms with Gasteiger partial charge in [-0.2, -0.15) is 0 Å². The average Bonchev–Trinajstić information content (AvgIpc) is 2.49. The first-order valence-corrected chi connectivity index (χ1v) is 8.68. The molecule has 22 heavy (non-hydrogen) atoms. The third-order valence-electron chi connectivity index (χ3n) is 2.70. The van der Waals surface area contributed by atoms with Crippen LogP contribution in [-0.4, -0.2) is 23.7 Å². The van der Waals surface area contributed by atoms with Gasteiger partial charge in [0.15, 0.2) is 0 Å². The van der Waals surface area contributed by atoms with Gasteiger partial charge in [0, 0.05) is 15.8 Å². The van der Waals surface area contributed by atoms with Crippen LogP contribution in [0, 0.1) is 5.82 Å². The lowest BCUT2D eigenvalue weighted by Crippen LogP contribution is -2.17. The van der Waals surface area contributed by atoms with Crippen LogP contribution in [0.1, 0.15) is 33.6 Å². The minimum absolute atomic E-state index is 0.103. The van der Waals surface area contributed by atoms with Gasteiger partial charge in [0.2, 0.25) is 5.91 Å². The quantitative estimate of drug-likeness (QED) is 0.553. The molecule has 0 aliphatic rings. The number of hydrogen-bond acceptors (Lipinski definition) is 4. The molecule has 0 saturated carbocycles. The maximum Gasteiger partial charge on any atom is 0.319 e. The van der Waals surface area contributed by atoms with Crippen LogP contribution in [0.5, 0.6) is 0 Å². The zero-order chi connectivity index (χ0) is 16.7. The summed E-state index contributed by atoms with van der Waals surface area (Å²) < 4.78 is 19.5. The van der Waals surface area contributed by atoms with Crippen molar-refractivity contribution in [3.63, 3.8) is 0 Å². The summed E-state index contributed by atoms with van der Waals surface area (Å²) in [5.74, 6) is -1.12. The number of ether oxygens (including phenoxy) is 1. The van der Waals surface area contributed by atoms with Crippen LogP contribution in [0.25, 0.3) is 0 Å². The van der Waals surface area contributed by atoms with Crippen molar-refractivity contribution < 1.29 is 18.7 Å². The Bertz CT molecular complexity index is 554. The highest BCUT2D eigenvalue weighted by Crippen LogP contribution is 2.35. The minimum Gasteiger partial charge on any atom is -0.465 e. The van der Waals surface area contributed by atoms with Gasteiger partial charge >= 0.3 is 5.97 Å². The lowest BCUT2D eigenvalue weighted by molar-refractivity contribution is -0.142. The number of hydrogen-bond donors (Lipinski definition) is 1. The molecule has 0 spiro atoms. The second-order valence-corrected chi connectivity index (χ2v) is 6.83. The van der Waals surface area contributed by atoms with Crippen molar-refractivity contribution in [2.45, 2.75) is 43.8 Å². The van der Waals surface area contributed by atoms with Crippen molar-refractivity contribution in [3.05, 3.63) is 22.4 Å². The maximum atomic E-state index is 13.8. The molecule has 1 amide bonds. The second kappa shape index (κ2) is 9.15. The van der Waals surface area contributed by atoms with Gasteiger partial charge in [-0.1, -0.05) is 13.8 Å². The molecule has 1 aromatic rings. The van der Waals surface area contributed by atoms with E-state index in [1.165, 1.54) is 23.9 Å². The number of rotatable bonds is 7. The number of carbonyl (C=O) groups is 2. The molecule has 1 aromatic carbocycles. The molecule has 4 nitrogen and oxygen atoms in total. The number of anilines is 1. The molecule has 1 atom stereocenters. The highest BCUT2D eigenvalue weighted by molar-refractivity contribution is 9.10. The first kappa shape index (κ1) is 19.0. The Morgan fingerprint density at radius 3 is 2.68 bits per heavy atom. The largest absolute Gasteiger partial charge is 0.465 e. The van der Waals surface area contributed by atoms with Crippen LogP contribution in [0.2, 0.25) is 0 Å². The van der Waals surface area contributed by atoms with Gasteiger partial charge in [0.25, 0.3) is 0 Å². The highest BCUT2D eigenvalue weighted by Gasteiger charge is 2.19. The van der Waals surface area contributed by atoms with Gasteiger partial charge in [-0.15, -0.1) is 11.8 Å². The minimum atomic E-state index is -0.528. The van der Waals surface area contributed by atoms with Crippen molar-refractivity contribution in [3.8, 4) is 0 Å². The van der Waals surface area contributed by atoms with Crippen LogP contribution in [0.15, 0.2) is 21.5 Å². The Hall–Kier alpha value is -1.08. The molecule has 0 radical (unpaired) electrons. The normalized spacial score (nSPS) is 11.9. The van der Waals surface area contributed by atoms with E-state index in [0.29, 0.717) is 16.0 Å². The summed E-state index contributed by atoms with van der Waals surface area (Å²) >= 11 is 4.52. The summed E-state index contributed by atoms with van der Waals surface area (Å²) in [6.45, 7) is 5.72. The Labute approximate surface area is 142 Å². The third kappa shape index (κ3) is 5.61. The predicted octanol–water partition coefficient (Wildman–Crippen LogP) is 4.37. The fourth-order valence-electron chi connectivity index (χ4n) is 1.51. The number of amides is 1. The van der Waals surface area contributed by atoms with E-state index >= 15 is 0 Å². The maximum absolute atomic E-state index is 13.8. The fourth-order valence-corrected chi connectivity index (χ4v) is 3.01. The summed E-state index contributed by atoms with van der Waals surface area (Å²) in [6, 6.07) is 2.79. The third-order valence-corrected chi connectivity index (χ3v) is 4.76. The van der Waals surface area contributed by atoms with Crippen molar-refractivity contribution >= 4 is 45.3 Å². The Morgan fingerprint density at radius 2 is 2.09 bits per heavy atom. The molecular formula is C15H19BrFNO3S. The summed E-state index contributed by atoms with van der Waals surface area (Å²) in [6.07, 6.45) is 1.02. The molecule has 1 unspecified atom stereocenters. The van der Waals surface area contributed by atoms with E-state index in [1.54, 1.807) is 13.8 Å². The monoisotopic (exact) mass is 391 g/mol. The molecule has 7 heteroatoms. The Balaban J connectivity index is 2.87. The first-order chi connectivity index (χ1) is 10.4. The summed E-state index contributed by atoms with van der Waals surface area (Å²) in [5, 5.41) is 2.07. The van der Waals surface area contributed by atoms with Crippen LogP contribution in [0.4, 0.5) is 10.1 Å². The predicted molar refractivity (Wildman–Crippen MR) is 89.6 cm³/mol. The number of esters is 1. The smallest absolute Gasteiger partial charge is 0.319 e. The second-order valence-electron chi connectivity index (χ2n) is 4.59. The van der Waals surface area contributed by atoms with Gasteiger partial charge < -0.3 is 10.1 Å². The van der Waals surface area contributed by atoms with E-state index in [1.807, 2.05) is 6.92 Å². The molecule has 0 bridgehead atoms. The summed E-state index contributed by atoms with van der Waals surface area (Å²) in [7, 11) is 0. The molecule has 0 aromatic heterocycles. The molecule has 0 saturated heterocycles. The van der Waals surface area contributed by atoms with E-state index in [4.69, 9.17) is 4.74 Å². The van der Waals surface area contributed by atoms with E-state index in [0.717, 1.165) is 6.42 Å². The van der Waals surface area contributed by atoms with Crippen molar-refractivity contribution in [1.82, 2.24) is 0 Å². The molecule has 0 heterocycles. The van der Waals surface area contributed by atoms with Gasteiger partial charge in [0.05, 0.1) is 12.3 Å². The summed E-state index contributed by atoms with van der Waals surface area (Å²) in [5.41, 5.74) is 0.103. The molecule has 1 N–H and O–H groups in total. The molecular weight excluding hydrogens is 373 g/mol. The Morgan fingerprint density at radius 1 is 1.41 bits per heavy atom. The van der Waals surface area contributed by atoms with Crippen molar-refractivity contribution in [2.75, 3.05) is 11.9 Å². The standard InChI is InChI=1S/C15H19BrFNO3S/c1-4-6-21-15(20)9(3)22-13-8-12(18-14(19)5-2)11(17)7-10(13)16/h7-9H,4-6H2,1-3H3,(H,18,19). The van der Waals surface area contributed by atoms with Gasteiger partial charge in [0.1, 0.15) is 11.1 Å². The van der Waals surface area contributed by atoms with E-state index in [-0.39, 0.29) is 24.0 Å². The van der Waals surface area contributed by atoms with Crippen molar-refractivity contribution in [2.24, 2.45) is 0 Å².